The average molecular weight is 907 g/mol. The van der Waals surface area contributed by atoms with E-state index in [1.54, 1.807) is 0 Å². The molecule has 0 heterocycles. The Morgan fingerprint density at radius 2 is 0.600 bits per heavy atom. The normalized spacial score (nSPS) is 12.6. The number of carbonyl (C=O) groups excluding carboxylic acids is 3. The minimum Gasteiger partial charge on any atom is -0.462 e. The quantitative estimate of drug-likeness (QED) is 0.0262. The van der Waals surface area contributed by atoms with E-state index in [1.165, 1.54) is 154 Å². The number of esters is 3. The molecular weight excluding hydrogens is 805 g/mol. The Morgan fingerprint density at radius 1 is 0.308 bits per heavy atom. The van der Waals surface area contributed by atoms with Crippen LogP contribution in [0.3, 0.4) is 0 Å². The first-order chi connectivity index (χ1) is 32.0. The summed E-state index contributed by atoms with van der Waals surface area (Å²) in [7, 11) is 0. The molecule has 0 spiro atoms. The van der Waals surface area contributed by atoms with E-state index < -0.39 is 6.10 Å². The first-order valence-electron chi connectivity index (χ1n) is 27.4. The van der Waals surface area contributed by atoms with Crippen LogP contribution >= 0.6 is 0 Å². The van der Waals surface area contributed by atoms with Crippen molar-refractivity contribution in [1.82, 2.24) is 0 Å². The van der Waals surface area contributed by atoms with Crippen molar-refractivity contribution in [2.75, 3.05) is 13.2 Å². The van der Waals surface area contributed by atoms with Gasteiger partial charge in [-0.3, -0.25) is 14.4 Å². The fraction of sp³-hybridized carbons (Fsp3) is 0.746. The molecule has 0 radical (unpaired) electrons. The van der Waals surface area contributed by atoms with Crippen LogP contribution in [-0.4, -0.2) is 37.2 Å². The maximum atomic E-state index is 12.8. The molecule has 0 aliphatic rings. The lowest BCUT2D eigenvalue weighted by atomic mass is 10.0. The third kappa shape index (κ3) is 51.7. The van der Waals surface area contributed by atoms with Crippen LogP contribution in [0.1, 0.15) is 265 Å². The van der Waals surface area contributed by atoms with Crippen molar-refractivity contribution in [2.24, 2.45) is 0 Å². The molecule has 6 heteroatoms. The molecule has 0 amide bonds. The third-order valence-corrected chi connectivity index (χ3v) is 11.7. The Hall–Kier alpha value is -3.15. The van der Waals surface area contributed by atoms with Crippen molar-refractivity contribution in [1.29, 1.82) is 0 Å². The number of rotatable bonds is 49. The number of allylic oxidation sites excluding steroid dienone is 12. The number of hydrogen-bond donors (Lipinski definition) is 0. The van der Waals surface area contributed by atoms with Gasteiger partial charge in [-0.05, 0) is 77.0 Å². The van der Waals surface area contributed by atoms with Gasteiger partial charge in [0, 0.05) is 19.3 Å². The van der Waals surface area contributed by atoms with Crippen LogP contribution in [0.15, 0.2) is 72.9 Å². The van der Waals surface area contributed by atoms with Gasteiger partial charge in [0.15, 0.2) is 6.10 Å². The number of ether oxygens (including phenoxy) is 3. The highest BCUT2D eigenvalue weighted by Gasteiger charge is 2.19. The molecule has 0 rings (SSSR count). The van der Waals surface area contributed by atoms with Gasteiger partial charge in [0.2, 0.25) is 0 Å². The number of carbonyl (C=O) groups is 3. The zero-order valence-corrected chi connectivity index (χ0v) is 42.7. The predicted octanol–water partition coefficient (Wildman–Crippen LogP) is 18.2. The Bertz CT molecular complexity index is 1230. The Labute approximate surface area is 402 Å². The molecule has 0 aromatic rings. The van der Waals surface area contributed by atoms with Crippen LogP contribution in [0.2, 0.25) is 0 Å². The van der Waals surface area contributed by atoms with Gasteiger partial charge in [-0.1, -0.05) is 241 Å². The summed E-state index contributed by atoms with van der Waals surface area (Å²) in [5.41, 5.74) is 0. The SMILES string of the molecule is CCCCC/C=C\C/C=C\C/C=C\C/C=C\CCCC(=O)OCC(COC(=O)CC/C=C\C/C=C\CCCCCCCC)OC(=O)CCCCCCCCCCCCCCCCCCC. The smallest absolute Gasteiger partial charge is 0.306 e. The van der Waals surface area contributed by atoms with Crippen LogP contribution in [0.4, 0.5) is 0 Å². The van der Waals surface area contributed by atoms with E-state index >= 15 is 0 Å². The average Bonchev–Trinajstić information content (AvgIpc) is 3.30. The molecule has 0 N–H and O–H groups in total. The Morgan fingerprint density at radius 3 is 1.03 bits per heavy atom. The third-order valence-electron chi connectivity index (χ3n) is 11.7. The Balaban J connectivity index is 4.49. The summed E-state index contributed by atoms with van der Waals surface area (Å²) >= 11 is 0. The van der Waals surface area contributed by atoms with E-state index in [2.05, 4.69) is 87.6 Å². The number of hydrogen-bond acceptors (Lipinski definition) is 6. The van der Waals surface area contributed by atoms with Gasteiger partial charge in [-0.25, -0.2) is 0 Å². The molecule has 65 heavy (non-hydrogen) atoms. The van der Waals surface area contributed by atoms with Crippen molar-refractivity contribution < 1.29 is 28.6 Å². The summed E-state index contributed by atoms with van der Waals surface area (Å²) in [6.45, 7) is 6.52. The lowest BCUT2D eigenvalue weighted by Gasteiger charge is -2.18. The fourth-order valence-electron chi connectivity index (χ4n) is 7.55. The van der Waals surface area contributed by atoms with E-state index in [0.717, 1.165) is 57.8 Å². The first kappa shape index (κ1) is 61.9. The zero-order valence-electron chi connectivity index (χ0n) is 42.7. The largest absolute Gasteiger partial charge is 0.462 e. The molecular formula is C59H102O6. The second-order valence-corrected chi connectivity index (χ2v) is 18.1. The number of unbranched alkanes of at least 4 members (excludes halogenated alkanes) is 26. The zero-order chi connectivity index (χ0) is 47.2. The molecule has 0 aromatic heterocycles. The van der Waals surface area contributed by atoms with Gasteiger partial charge in [0.05, 0.1) is 0 Å². The molecule has 0 saturated carbocycles. The fourth-order valence-corrected chi connectivity index (χ4v) is 7.55. The standard InChI is InChI=1S/C59H102O6/c1-4-7-10-13-16-19-22-25-27-29-31-34-37-40-43-46-49-52-58(61)64-55-56(54-63-57(60)51-48-45-42-39-36-33-24-21-18-15-12-9-6-3)65-59(62)53-50-47-44-41-38-35-32-30-28-26-23-20-17-14-11-8-5-2/h16,19,25,27,31,33-34,36,40,42-43,45,56H,4-15,17-18,20-24,26,28-30,32,35,37-39,41,44,46-55H2,1-3H3/b19-16-,27-25-,34-31-,36-33-,43-40-,45-42-. The first-order valence-corrected chi connectivity index (χ1v) is 27.4. The lowest BCUT2D eigenvalue weighted by Crippen LogP contribution is -2.30. The van der Waals surface area contributed by atoms with Gasteiger partial charge < -0.3 is 14.2 Å². The van der Waals surface area contributed by atoms with Gasteiger partial charge in [-0.15, -0.1) is 0 Å². The summed E-state index contributed by atoms with van der Waals surface area (Å²) in [5.74, 6) is -1.03. The molecule has 0 saturated heterocycles. The molecule has 0 aliphatic carbocycles. The highest BCUT2D eigenvalue weighted by Crippen LogP contribution is 2.15. The van der Waals surface area contributed by atoms with Crippen molar-refractivity contribution in [3.8, 4) is 0 Å². The molecule has 6 nitrogen and oxygen atoms in total. The summed E-state index contributed by atoms with van der Waals surface area (Å²) in [5, 5.41) is 0. The van der Waals surface area contributed by atoms with Crippen molar-refractivity contribution in [2.45, 2.75) is 271 Å². The van der Waals surface area contributed by atoms with Gasteiger partial charge in [0.1, 0.15) is 13.2 Å². The van der Waals surface area contributed by atoms with E-state index in [4.69, 9.17) is 14.2 Å². The predicted molar refractivity (Wildman–Crippen MR) is 279 cm³/mol. The summed E-state index contributed by atoms with van der Waals surface area (Å²) in [6.07, 6.45) is 67.6. The topological polar surface area (TPSA) is 78.9 Å². The van der Waals surface area contributed by atoms with Crippen LogP contribution < -0.4 is 0 Å². The molecule has 1 atom stereocenters. The van der Waals surface area contributed by atoms with E-state index in [0.29, 0.717) is 19.3 Å². The van der Waals surface area contributed by atoms with Crippen molar-refractivity contribution in [3.63, 3.8) is 0 Å². The van der Waals surface area contributed by atoms with Crippen LogP contribution in [-0.2, 0) is 28.6 Å². The minimum atomic E-state index is -0.818. The van der Waals surface area contributed by atoms with Crippen LogP contribution in [0.25, 0.3) is 0 Å². The van der Waals surface area contributed by atoms with Crippen molar-refractivity contribution >= 4 is 17.9 Å². The van der Waals surface area contributed by atoms with E-state index in [9.17, 15) is 14.4 Å². The second kappa shape index (κ2) is 53.5. The summed E-state index contributed by atoms with van der Waals surface area (Å²) in [6, 6.07) is 0. The summed E-state index contributed by atoms with van der Waals surface area (Å²) in [4.78, 5) is 38.0. The van der Waals surface area contributed by atoms with Crippen molar-refractivity contribution in [3.05, 3.63) is 72.9 Å². The molecule has 0 bridgehead atoms. The minimum absolute atomic E-state index is 0.119. The molecule has 374 valence electrons. The lowest BCUT2D eigenvalue weighted by molar-refractivity contribution is -0.166. The maximum Gasteiger partial charge on any atom is 0.306 e. The van der Waals surface area contributed by atoms with Crippen LogP contribution in [0.5, 0.6) is 0 Å². The summed E-state index contributed by atoms with van der Waals surface area (Å²) < 4.78 is 16.7. The van der Waals surface area contributed by atoms with Gasteiger partial charge in [-0.2, -0.15) is 0 Å². The van der Waals surface area contributed by atoms with Gasteiger partial charge >= 0.3 is 17.9 Å². The molecule has 1 unspecified atom stereocenters. The maximum absolute atomic E-state index is 12.8. The molecule has 0 aromatic carbocycles. The van der Waals surface area contributed by atoms with E-state index in [1.807, 2.05) is 6.08 Å². The van der Waals surface area contributed by atoms with E-state index in [-0.39, 0.29) is 44.0 Å². The highest BCUT2D eigenvalue weighted by atomic mass is 16.6. The Kier molecular flexibility index (Phi) is 50.9. The highest BCUT2D eigenvalue weighted by molar-refractivity contribution is 5.71. The second-order valence-electron chi connectivity index (χ2n) is 18.1. The monoisotopic (exact) mass is 907 g/mol. The van der Waals surface area contributed by atoms with Gasteiger partial charge in [0.25, 0.3) is 0 Å². The molecule has 0 aliphatic heterocycles. The molecule has 0 fully saturated rings. The van der Waals surface area contributed by atoms with Crippen LogP contribution in [0, 0.1) is 0 Å².